The van der Waals surface area contributed by atoms with Crippen LogP contribution in [-0.4, -0.2) is 36.0 Å². The van der Waals surface area contributed by atoms with Gasteiger partial charge in [-0.25, -0.2) is 4.79 Å². The molecule has 1 aliphatic heterocycles. The first kappa shape index (κ1) is 57.8. The molecule has 8 nitrogen and oxygen atoms in total. The van der Waals surface area contributed by atoms with Gasteiger partial charge in [-0.05, 0) is 93.5 Å². The quantitative estimate of drug-likeness (QED) is 0.0344. The van der Waals surface area contributed by atoms with E-state index in [1.165, 1.54) is 159 Å². The molecule has 0 spiro atoms. The summed E-state index contributed by atoms with van der Waals surface area (Å²) >= 11 is 0. The van der Waals surface area contributed by atoms with Crippen LogP contribution in [0, 0.1) is 0 Å². The van der Waals surface area contributed by atoms with E-state index in [-0.39, 0.29) is 5.75 Å². The van der Waals surface area contributed by atoms with Crippen molar-refractivity contribution >= 4 is 5.97 Å². The van der Waals surface area contributed by atoms with Crippen LogP contribution in [0.4, 0.5) is 0 Å². The van der Waals surface area contributed by atoms with E-state index in [0.717, 1.165) is 49.7 Å². The molecule has 1 N–H and O–H groups in total. The molecule has 3 aromatic carbocycles. The summed E-state index contributed by atoms with van der Waals surface area (Å²) in [6.07, 6.45) is 38.7. The third-order valence-electron chi connectivity index (χ3n) is 14.7. The lowest BCUT2D eigenvalue weighted by atomic mass is 9.89. The Balaban J connectivity index is 1.45. The van der Waals surface area contributed by atoms with Crippen LogP contribution in [0.1, 0.15) is 262 Å². The predicted molar refractivity (Wildman–Crippen MR) is 284 cm³/mol. The summed E-state index contributed by atoms with van der Waals surface area (Å²) in [7, 11) is 0. The van der Waals surface area contributed by atoms with Gasteiger partial charge in [0.2, 0.25) is 5.75 Å². The zero-order valence-electron chi connectivity index (χ0n) is 44.4. The second-order valence-electron chi connectivity index (χ2n) is 20.7. The Morgan fingerprint density at radius 3 is 1.16 bits per heavy atom. The summed E-state index contributed by atoms with van der Waals surface area (Å²) in [5, 5.41) is 25.1. The summed E-state index contributed by atoms with van der Waals surface area (Å²) in [5.41, 5.74) is 0.559. The van der Waals surface area contributed by atoms with Crippen molar-refractivity contribution in [1.29, 1.82) is 0 Å². The van der Waals surface area contributed by atoms with Crippen LogP contribution in [0.3, 0.4) is 0 Å². The molecule has 8 heteroatoms. The van der Waals surface area contributed by atoms with E-state index < -0.39 is 17.0 Å². The topological polar surface area (TPSA) is 97.4 Å². The smallest absolute Gasteiger partial charge is 0.343 e. The largest absolute Gasteiger partial charge is 0.508 e. The molecule has 0 amide bonds. The molecule has 0 unspecified atom stereocenters. The first-order valence-corrected chi connectivity index (χ1v) is 28.3. The minimum absolute atomic E-state index is 0.177. The number of hydrogen-bond donors (Lipinski definition) is 1. The van der Waals surface area contributed by atoms with E-state index in [2.05, 4.69) is 20.8 Å². The van der Waals surface area contributed by atoms with Crippen LogP contribution in [0.15, 0.2) is 60.7 Å². The van der Waals surface area contributed by atoms with Crippen molar-refractivity contribution in [3.05, 3.63) is 77.4 Å². The van der Waals surface area contributed by atoms with Gasteiger partial charge in [-0.2, -0.15) is 0 Å². The monoisotopic (exact) mass is 955 g/mol. The van der Waals surface area contributed by atoms with Gasteiger partial charge in [-0.3, -0.25) is 0 Å². The summed E-state index contributed by atoms with van der Waals surface area (Å²) < 4.78 is 25.7. The predicted octanol–water partition coefficient (Wildman–Crippen LogP) is 18.1. The highest BCUT2D eigenvalue weighted by Gasteiger charge is 2.52. The third kappa shape index (κ3) is 20.5. The third-order valence-corrected chi connectivity index (χ3v) is 14.7. The molecule has 3 aromatic rings. The van der Waals surface area contributed by atoms with Gasteiger partial charge in [-0.1, -0.05) is 218 Å². The Morgan fingerprint density at radius 2 is 0.797 bits per heavy atom. The van der Waals surface area contributed by atoms with Crippen molar-refractivity contribution in [3.8, 4) is 28.7 Å². The Bertz CT molecular complexity index is 1750. The highest BCUT2D eigenvalue weighted by atomic mass is 16.5. The van der Waals surface area contributed by atoms with Crippen LogP contribution in [0.2, 0.25) is 0 Å². The number of phenolic OH excluding ortho intramolecular Hbond substituents is 1. The lowest BCUT2D eigenvalue weighted by molar-refractivity contribution is -0.260. The lowest BCUT2D eigenvalue weighted by Gasteiger charge is -2.37. The number of unbranched alkanes of at least 4 members (excludes halogenated alkanes) is 27. The molecular weight excluding hydrogens is 859 g/mol. The van der Waals surface area contributed by atoms with Gasteiger partial charge in [-0.15, -0.1) is 10.3 Å². The standard InChI is InChI=1S/C61H96NO7/c1-6-9-12-15-18-21-24-27-30-33-46-66-56-49-51(59(64)69-55-42-38-53(39-43-55)61(5)45-44-60(4,62(61)65)52-36-40-54(63)41-37-52)50-57(67-47-34-31-28-25-22-19-16-13-10-7-2)58(56)68-48-35-32-29-26-23-20-17-14-11-8-3/h36-43,49-50,63H,6-35,44-48H2,1-5H3/t60-,61-/m1/s1. The average Bonchev–Trinajstić information content (AvgIpc) is 3.60. The summed E-state index contributed by atoms with van der Waals surface area (Å²) in [6, 6.07) is 17.8. The van der Waals surface area contributed by atoms with E-state index in [1.807, 2.05) is 38.1 Å². The molecule has 0 aliphatic carbocycles. The van der Waals surface area contributed by atoms with Gasteiger partial charge in [0.1, 0.15) is 11.5 Å². The van der Waals surface area contributed by atoms with E-state index in [9.17, 15) is 15.1 Å². The molecule has 387 valence electrons. The zero-order chi connectivity index (χ0) is 49.4. The van der Waals surface area contributed by atoms with Gasteiger partial charge in [0, 0.05) is 0 Å². The number of benzene rings is 3. The Hall–Kier alpha value is -3.75. The van der Waals surface area contributed by atoms with Crippen LogP contribution in [-0.2, 0) is 16.3 Å². The molecular formula is C61H96NO7. The van der Waals surface area contributed by atoms with E-state index in [4.69, 9.17) is 18.9 Å². The second-order valence-corrected chi connectivity index (χ2v) is 20.7. The second kappa shape index (κ2) is 33.8. The fourth-order valence-electron chi connectivity index (χ4n) is 9.98. The average molecular weight is 955 g/mol. The number of phenols is 1. The SMILES string of the molecule is CCCCCCCCCCCCOc1cc(C(=O)Oc2ccc([C@@]3(C)CC[C@](C)(c4ccc(O)cc4)N3[O])cc2)cc(OCCCCCCCCCCCC)c1OCCCCCCCCCCCC. The summed E-state index contributed by atoms with van der Waals surface area (Å²) in [6.45, 7) is 12.4. The highest BCUT2D eigenvalue weighted by Crippen LogP contribution is 2.51. The maximum Gasteiger partial charge on any atom is 0.343 e. The molecule has 0 bridgehead atoms. The van der Waals surface area contributed by atoms with Crippen molar-refractivity contribution in [1.82, 2.24) is 5.06 Å². The number of nitrogens with zero attached hydrogens (tertiary/aromatic N) is 1. The van der Waals surface area contributed by atoms with Gasteiger partial charge in [0.15, 0.2) is 11.5 Å². The van der Waals surface area contributed by atoms with Gasteiger partial charge in [0.05, 0.1) is 36.5 Å². The molecule has 1 radical (unpaired) electrons. The molecule has 1 aliphatic rings. The number of aromatic hydroxyl groups is 1. The number of esters is 1. The fourth-order valence-corrected chi connectivity index (χ4v) is 9.98. The van der Waals surface area contributed by atoms with Crippen molar-refractivity contribution in [2.45, 2.75) is 251 Å². The maximum atomic E-state index is 14.1. The maximum absolute atomic E-state index is 14.1. The summed E-state index contributed by atoms with van der Waals surface area (Å²) in [5.74, 6) is 1.71. The molecule has 2 atom stereocenters. The van der Waals surface area contributed by atoms with Crippen molar-refractivity contribution < 1.29 is 34.1 Å². The number of hydroxylamine groups is 2. The van der Waals surface area contributed by atoms with E-state index >= 15 is 0 Å². The van der Waals surface area contributed by atoms with Crippen molar-refractivity contribution in [2.24, 2.45) is 0 Å². The molecule has 69 heavy (non-hydrogen) atoms. The van der Waals surface area contributed by atoms with E-state index in [0.29, 0.717) is 61.2 Å². The van der Waals surface area contributed by atoms with Crippen LogP contribution < -0.4 is 18.9 Å². The van der Waals surface area contributed by atoms with Gasteiger partial charge >= 0.3 is 5.97 Å². The van der Waals surface area contributed by atoms with E-state index in [1.54, 1.807) is 36.4 Å². The number of carbonyl (C=O) groups is 1. The number of hydrogen-bond acceptors (Lipinski definition) is 7. The summed E-state index contributed by atoms with van der Waals surface area (Å²) in [4.78, 5) is 14.1. The molecule has 0 saturated carbocycles. The van der Waals surface area contributed by atoms with Crippen LogP contribution in [0.25, 0.3) is 0 Å². The number of carbonyl (C=O) groups excluding carboxylic acids is 1. The molecule has 1 heterocycles. The normalized spacial score (nSPS) is 17.1. The lowest BCUT2D eigenvalue weighted by Crippen LogP contribution is -2.44. The minimum atomic E-state index is -0.778. The molecule has 4 rings (SSSR count). The Kier molecular flexibility index (Phi) is 28.3. The molecule has 1 fully saturated rings. The van der Waals surface area contributed by atoms with Crippen molar-refractivity contribution in [3.63, 3.8) is 0 Å². The van der Waals surface area contributed by atoms with Crippen molar-refractivity contribution in [2.75, 3.05) is 19.8 Å². The number of rotatable bonds is 40. The zero-order valence-corrected chi connectivity index (χ0v) is 44.4. The first-order valence-electron chi connectivity index (χ1n) is 28.3. The highest BCUT2D eigenvalue weighted by molar-refractivity contribution is 5.92. The van der Waals surface area contributed by atoms with Crippen LogP contribution >= 0.6 is 0 Å². The van der Waals surface area contributed by atoms with Crippen LogP contribution in [0.5, 0.6) is 28.7 Å². The number of ether oxygens (including phenoxy) is 4. The minimum Gasteiger partial charge on any atom is -0.508 e. The van der Waals surface area contributed by atoms with Gasteiger partial charge < -0.3 is 24.1 Å². The Labute approximate surface area is 420 Å². The Morgan fingerprint density at radius 1 is 0.478 bits per heavy atom. The first-order chi connectivity index (χ1) is 33.7. The molecule has 1 saturated heterocycles. The van der Waals surface area contributed by atoms with Gasteiger partial charge in [0.25, 0.3) is 0 Å². The molecule has 0 aromatic heterocycles. The fraction of sp³-hybridized carbons (Fsp3) is 0.689.